The van der Waals surface area contributed by atoms with Gasteiger partial charge in [0.2, 0.25) is 0 Å². The van der Waals surface area contributed by atoms with E-state index < -0.39 is 0 Å². The number of amides is 1. The summed E-state index contributed by atoms with van der Waals surface area (Å²) in [6, 6.07) is 14.2. The fourth-order valence-corrected chi connectivity index (χ4v) is 3.64. The van der Waals surface area contributed by atoms with Crippen molar-refractivity contribution in [2.24, 2.45) is 7.05 Å². The normalized spacial score (nSPS) is 16.1. The van der Waals surface area contributed by atoms with Gasteiger partial charge >= 0.3 is 0 Å². The van der Waals surface area contributed by atoms with Crippen molar-refractivity contribution in [1.82, 2.24) is 20.1 Å². The molecule has 1 N–H and O–H groups in total. The van der Waals surface area contributed by atoms with Crippen LogP contribution in [0.2, 0.25) is 0 Å². The number of carbonyl (C=O) groups is 1. The van der Waals surface area contributed by atoms with Crippen LogP contribution in [-0.2, 0) is 19.9 Å². The van der Waals surface area contributed by atoms with Crippen LogP contribution >= 0.6 is 0 Å². The minimum atomic E-state index is -0.0764. The first-order chi connectivity index (χ1) is 12.7. The third kappa shape index (κ3) is 3.25. The van der Waals surface area contributed by atoms with Crippen LogP contribution in [0.1, 0.15) is 51.8 Å². The molecule has 1 aromatic carbocycles. The van der Waals surface area contributed by atoms with Gasteiger partial charge in [0, 0.05) is 19.7 Å². The number of aryl methyl sites for hydroxylation is 2. The number of fused-ring (bicyclic) bond motifs is 1. The number of aromatic nitrogens is 3. The number of hydrogen-bond acceptors (Lipinski definition) is 3. The van der Waals surface area contributed by atoms with Crippen LogP contribution < -0.4 is 5.32 Å². The molecule has 0 spiro atoms. The Morgan fingerprint density at radius 2 is 2.08 bits per heavy atom. The van der Waals surface area contributed by atoms with Gasteiger partial charge < -0.3 is 5.32 Å². The minimum Gasteiger partial charge on any atom is -0.344 e. The Kier molecular flexibility index (Phi) is 4.52. The molecule has 132 valence electrons. The van der Waals surface area contributed by atoms with E-state index in [-0.39, 0.29) is 11.9 Å². The van der Waals surface area contributed by atoms with Crippen LogP contribution in [0.3, 0.4) is 0 Å². The fourth-order valence-electron chi connectivity index (χ4n) is 3.64. The van der Waals surface area contributed by atoms with Gasteiger partial charge in [-0.1, -0.05) is 36.4 Å². The van der Waals surface area contributed by atoms with Crippen LogP contribution in [0.4, 0.5) is 0 Å². The highest BCUT2D eigenvalue weighted by molar-refractivity contribution is 5.95. The molecule has 0 saturated heterocycles. The molecule has 0 radical (unpaired) electrons. The topological polar surface area (TPSA) is 59.8 Å². The Balaban J connectivity index is 1.57. The average molecular weight is 346 g/mol. The molecule has 5 nitrogen and oxygen atoms in total. The highest BCUT2D eigenvalue weighted by atomic mass is 16.1. The molecule has 0 aliphatic heterocycles. The predicted octanol–water partition coefficient (Wildman–Crippen LogP) is 3.21. The van der Waals surface area contributed by atoms with E-state index in [0.29, 0.717) is 12.0 Å². The molecule has 0 fully saturated rings. The summed E-state index contributed by atoms with van der Waals surface area (Å²) in [6.07, 6.45) is 7.16. The van der Waals surface area contributed by atoms with Gasteiger partial charge in [0.25, 0.3) is 5.91 Å². The maximum absolute atomic E-state index is 13.0. The van der Waals surface area contributed by atoms with Crippen molar-refractivity contribution >= 4 is 5.91 Å². The molecule has 0 saturated carbocycles. The lowest BCUT2D eigenvalue weighted by molar-refractivity contribution is 0.0930. The third-order valence-corrected chi connectivity index (χ3v) is 5.02. The maximum Gasteiger partial charge on any atom is 0.255 e. The second-order valence-corrected chi connectivity index (χ2v) is 6.76. The van der Waals surface area contributed by atoms with Gasteiger partial charge in [0.05, 0.1) is 29.2 Å². The van der Waals surface area contributed by atoms with E-state index in [0.717, 1.165) is 36.2 Å². The Morgan fingerprint density at radius 3 is 2.92 bits per heavy atom. The Morgan fingerprint density at radius 1 is 1.23 bits per heavy atom. The number of nitrogens with zero attached hydrogens (tertiary/aromatic N) is 3. The van der Waals surface area contributed by atoms with E-state index in [2.05, 4.69) is 33.6 Å². The lowest BCUT2D eigenvalue weighted by atomic mass is 9.91. The Bertz CT molecular complexity index is 917. The van der Waals surface area contributed by atoms with Crippen LogP contribution in [0.15, 0.2) is 54.9 Å². The van der Waals surface area contributed by atoms with Crippen molar-refractivity contribution in [1.29, 1.82) is 0 Å². The highest BCUT2D eigenvalue weighted by Crippen LogP contribution is 2.28. The first-order valence-electron chi connectivity index (χ1n) is 9.02. The predicted molar refractivity (Wildman–Crippen MR) is 99.8 cm³/mol. The molecule has 1 atom stereocenters. The largest absolute Gasteiger partial charge is 0.344 e. The molecule has 1 aliphatic carbocycles. The van der Waals surface area contributed by atoms with E-state index in [1.165, 1.54) is 5.56 Å². The van der Waals surface area contributed by atoms with Crippen LogP contribution in [0, 0.1) is 0 Å². The van der Waals surface area contributed by atoms with E-state index >= 15 is 0 Å². The summed E-state index contributed by atoms with van der Waals surface area (Å²) >= 11 is 0. The Labute approximate surface area is 153 Å². The number of carbonyl (C=O) groups excluding carboxylic acids is 1. The molecule has 3 aromatic rings. The van der Waals surface area contributed by atoms with Gasteiger partial charge in [-0.05, 0) is 36.5 Å². The lowest BCUT2D eigenvalue weighted by Crippen LogP contribution is -2.32. The van der Waals surface area contributed by atoms with E-state index in [1.54, 1.807) is 17.1 Å². The van der Waals surface area contributed by atoms with Crippen molar-refractivity contribution in [3.05, 3.63) is 82.9 Å². The monoisotopic (exact) mass is 346 g/mol. The van der Waals surface area contributed by atoms with Gasteiger partial charge in [-0.3, -0.25) is 14.5 Å². The summed E-state index contributed by atoms with van der Waals surface area (Å²) in [4.78, 5) is 17.5. The van der Waals surface area contributed by atoms with Gasteiger partial charge in [0.15, 0.2) is 0 Å². The summed E-state index contributed by atoms with van der Waals surface area (Å²) in [6.45, 7) is 0. The highest BCUT2D eigenvalue weighted by Gasteiger charge is 2.25. The molecule has 1 aliphatic rings. The van der Waals surface area contributed by atoms with E-state index in [1.807, 2.05) is 31.3 Å². The number of benzene rings is 1. The zero-order valence-electron chi connectivity index (χ0n) is 14.9. The van der Waals surface area contributed by atoms with Gasteiger partial charge in [-0.2, -0.15) is 5.10 Å². The minimum absolute atomic E-state index is 0.0303. The fraction of sp³-hybridized carbons (Fsp3) is 0.286. The first-order valence-corrected chi connectivity index (χ1v) is 9.02. The Hall–Kier alpha value is -2.95. The third-order valence-electron chi connectivity index (χ3n) is 5.02. The molecule has 2 heterocycles. The van der Waals surface area contributed by atoms with Crippen molar-refractivity contribution < 1.29 is 4.79 Å². The number of rotatable bonds is 4. The second kappa shape index (κ2) is 7.12. The lowest BCUT2D eigenvalue weighted by Gasteiger charge is -2.25. The molecule has 0 bridgehead atoms. The number of hydrogen-bond donors (Lipinski definition) is 1. The van der Waals surface area contributed by atoms with Crippen molar-refractivity contribution in [3.63, 3.8) is 0 Å². The molecule has 26 heavy (non-hydrogen) atoms. The van der Waals surface area contributed by atoms with E-state index in [4.69, 9.17) is 0 Å². The standard InChI is InChI=1S/C21H22N4O/c1-25-19(13-15-7-3-2-4-8-15)17(14-23-25)21(26)24-18-11-5-9-16-10-6-12-22-20(16)18/h2-4,6-8,10,12,14,18H,5,9,11,13H2,1H3,(H,24,26)/t18-/m0/s1. The van der Waals surface area contributed by atoms with E-state index in [9.17, 15) is 4.79 Å². The quantitative estimate of drug-likeness (QED) is 0.789. The summed E-state index contributed by atoms with van der Waals surface area (Å²) in [5.41, 5.74) is 4.96. The summed E-state index contributed by atoms with van der Waals surface area (Å²) in [7, 11) is 1.88. The molecular formula is C21H22N4O. The molecule has 5 heteroatoms. The summed E-state index contributed by atoms with van der Waals surface area (Å²) < 4.78 is 1.79. The van der Waals surface area contributed by atoms with Gasteiger partial charge in [-0.25, -0.2) is 0 Å². The SMILES string of the molecule is Cn1ncc(C(=O)N[C@H]2CCCc3cccnc32)c1Cc1ccccc1. The van der Waals surface area contributed by atoms with Crippen molar-refractivity contribution in [2.75, 3.05) is 0 Å². The zero-order valence-corrected chi connectivity index (χ0v) is 14.9. The van der Waals surface area contributed by atoms with Crippen molar-refractivity contribution in [2.45, 2.75) is 31.7 Å². The molecule has 1 amide bonds. The van der Waals surface area contributed by atoms with Crippen molar-refractivity contribution in [3.8, 4) is 0 Å². The average Bonchev–Trinajstić information content (AvgIpc) is 3.03. The van der Waals surface area contributed by atoms with Gasteiger partial charge in [0.1, 0.15) is 0 Å². The van der Waals surface area contributed by atoms with Gasteiger partial charge in [-0.15, -0.1) is 0 Å². The number of nitrogens with one attached hydrogen (secondary N) is 1. The van der Waals surface area contributed by atoms with Crippen LogP contribution in [0.5, 0.6) is 0 Å². The molecule has 0 unspecified atom stereocenters. The summed E-state index contributed by atoms with van der Waals surface area (Å²) in [5, 5.41) is 7.49. The first kappa shape index (κ1) is 16.5. The van der Waals surface area contributed by atoms with Crippen LogP contribution in [-0.4, -0.2) is 20.7 Å². The maximum atomic E-state index is 13.0. The van der Waals surface area contributed by atoms with Crippen LogP contribution in [0.25, 0.3) is 0 Å². The summed E-state index contributed by atoms with van der Waals surface area (Å²) in [5.74, 6) is -0.0764. The smallest absolute Gasteiger partial charge is 0.255 e. The zero-order chi connectivity index (χ0) is 17.9. The molecule has 4 rings (SSSR count). The molecule has 2 aromatic heterocycles. The second-order valence-electron chi connectivity index (χ2n) is 6.76. The molecular weight excluding hydrogens is 324 g/mol. The number of pyridine rings is 1.